The van der Waals surface area contributed by atoms with E-state index in [1.807, 2.05) is 18.9 Å². The summed E-state index contributed by atoms with van der Waals surface area (Å²) in [5.41, 5.74) is 0. The second-order valence-electron chi connectivity index (χ2n) is 3.42. The molecule has 3 atom stereocenters. The topological polar surface area (TPSA) is 53.3 Å². The maximum atomic E-state index is 11.3. The molecule has 1 aliphatic heterocycles. The number of nitrogens with zero attached hydrogens (tertiary/aromatic N) is 2. The summed E-state index contributed by atoms with van der Waals surface area (Å²) in [6.45, 7) is 1.96. The van der Waals surface area contributed by atoms with Gasteiger partial charge in [0.25, 0.3) is 0 Å². The predicted molar refractivity (Wildman–Crippen MR) is 46.7 cm³/mol. The summed E-state index contributed by atoms with van der Waals surface area (Å²) in [7, 11) is 3.23. The van der Waals surface area contributed by atoms with Gasteiger partial charge in [-0.05, 0) is 20.4 Å². The van der Waals surface area contributed by atoms with Gasteiger partial charge in [-0.25, -0.2) is 0 Å². The fourth-order valence-electron chi connectivity index (χ4n) is 1.73. The van der Waals surface area contributed by atoms with Crippen molar-refractivity contribution in [3.05, 3.63) is 0 Å². The number of likely N-dealkylation sites (N-methyl/N-ethyl adjacent to an activating group) is 1. The van der Waals surface area contributed by atoms with Crippen molar-refractivity contribution in [2.75, 3.05) is 14.2 Å². The third-order valence-electron chi connectivity index (χ3n) is 2.83. The molecule has 0 aliphatic carbocycles. The molecule has 0 bridgehead atoms. The number of esters is 1. The summed E-state index contributed by atoms with van der Waals surface area (Å²) < 4.78 is 4.66. The van der Waals surface area contributed by atoms with Gasteiger partial charge in [0.15, 0.2) is 0 Å². The molecule has 72 valence electrons. The molecule has 4 heteroatoms. The average Bonchev–Trinajstić information content (AvgIpc) is 2.43. The zero-order chi connectivity index (χ0) is 10.0. The monoisotopic (exact) mass is 182 g/mol. The van der Waals surface area contributed by atoms with Crippen molar-refractivity contribution in [1.82, 2.24) is 4.90 Å². The van der Waals surface area contributed by atoms with E-state index in [2.05, 4.69) is 10.8 Å². The molecule has 0 radical (unpaired) electrons. The Morgan fingerprint density at radius 2 is 2.31 bits per heavy atom. The van der Waals surface area contributed by atoms with Gasteiger partial charge < -0.3 is 4.74 Å². The van der Waals surface area contributed by atoms with Gasteiger partial charge in [0.1, 0.15) is 6.04 Å². The third-order valence-corrected chi connectivity index (χ3v) is 2.83. The SMILES string of the molecule is COC(=O)[C@H]1C[C@H](C#N)[C@H](C)N1C. The first-order chi connectivity index (χ1) is 6.11. The second kappa shape index (κ2) is 3.75. The van der Waals surface area contributed by atoms with Crippen LogP contribution in [0.1, 0.15) is 13.3 Å². The normalized spacial score (nSPS) is 34.2. The molecule has 0 spiro atoms. The first-order valence-corrected chi connectivity index (χ1v) is 4.31. The van der Waals surface area contributed by atoms with E-state index in [4.69, 9.17) is 5.26 Å². The molecule has 1 rings (SSSR count). The summed E-state index contributed by atoms with van der Waals surface area (Å²) >= 11 is 0. The Morgan fingerprint density at radius 1 is 1.69 bits per heavy atom. The van der Waals surface area contributed by atoms with E-state index in [1.165, 1.54) is 7.11 Å². The third kappa shape index (κ3) is 1.65. The second-order valence-corrected chi connectivity index (χ2v) is 3.42. The zero-order valence-electron chi connectivity index (χ0n) is 8.15. The Labute approximate surface area is 78.1 Å². The standard InChI is InChI=1S/C9H14N2O2/c1-6-7(5-10)4-8(11(6)2)9(12)13-3/h6-8H,4H2,1-3H3/t6-,7+,8+/m0/s1. The number of rotatable bonds is 1. The van der Waals surface area contributed by atoms with Crippen molar-refractivity contribution in [1.29, 1.82) is 5.26 Å². The van der Waals surface area contributed by atoms with Crippen molar-refractivity contribution in [2.24, 2.45) is 5.92 Å². The molecule has 4 nitrogen and oxygen atoms in total. The number of hydrogen-bond donors (Lipinski definition) is 0. The number of ether oxygens (including phenoxy) is 1. The average molecular weight is 182 g/mol. The van der Waals surface area contributed by atoms with Gasteiger partial charge >= 0.3 is 5.97 Å². The molecule has 1 fully saturated rings. The number of nitriles is 1. The van der Waals surface area contributed by atoms with Crippen molar-refractivity contribution >= 4 is 5.97 Å². The van der Waals surface area contributed by atoms with Crippen LogP contribution in [-0.4, -0.2) is 37.1 Å². The molecule has 0 amide bonds. The maximum absolute atomic E-state index is 11.3. The lowest BCUT2D eigenvalue weighted by Crippen LogP contribution is -2.37. The Balaban J connectivity index is 2.72. The van der Waals surface area contributed by atoms with Gasteiger partial charge in [-0.3, -0.25) is 9.69 Å². The molecule has 0 aromatic heterocycles. The van der Waals surface area contributed by atoms with Crippen molar-refractivity contribution in [3.63, 3.8) is 0 Å². The smallest absolute Gasteiger partial charge is 0.323 e. The molecule has 13 heavy (non-hydrogen) atoms. The molecule has 0 aromatic carbocycles. The van der Waals surface area contributed by atoms with Crippen LogP contribution in [0.4, 0.5) is 0 Å². The Bertz CT molecular complexity index is 246. The lowest BCUT2D eigenvalue weighted by Gasteiger charge is -2.20. The minimum atomic E-state index is -0.246. The zero-order valence-corrected chi connectivity index (χ0v) is 8.15. The van der Waals surface area contributed by atoms with Gasteiger partial charge in [0.05, 0.1) is 19.1 Å². The predicted octanol–water partition coefficient (Wildman–Crippen LogP) is 0.392. The molecule has 0 aromatic rings. The molecular formula is C9H14N2O2. The van der Waals surface area contributed by atoms with Gasteiger partial charge in [0.2, 0.25) is 0 Å². The van der Waals surface area contributed by atoms with E-state index in [1.54, 1.807) is 0 Å². The summed E-state index contributed by atoms with van der Waals surface area (Å²) in [5, 5.41) is 8.80. The Hall–Kier alpha value is -1.08. The quantitative estimate of drug-likeness (QED) is 0.550. The van der Waals surface area contributed by atoms with Crippen LogP contribution in [0.5, 0.6) is 0 Å². The number of hydrogen-bond acceptors (Lipinski definition) is 4. The van der Waals surface area contributed by atoms with Gasteiger partial charge in [-0.15, -0.1) is 0 Å². The minimum absolute atomic E-state index is 0.0610. The Kier molecular flexibility index (Phi) is 2.89. The maximum Gasteiger partial charge on any atom is 0.323 e. The first-order valence-electron chi connectivity index (χ1n) is 4.31. The highest BCUT2D eigenvalue weighted by Crippen LogP contribution is 2.28. The van der Waals surface area contributed by atoms with E-state index >= 15 is 0 Å². The number of carbonyl (C=O) groups excluding carboxylic acids is 1. The minimum Gasteiger partial charge on any atom is -0.468 e. The van der Waals surface area contributed by atoms with Crippen LogP contribution >= 0.6 is 0 Å². The summed E-state index contributed by atoms with van der Waals surface area (Å²) in [4.78, 5) is 13.2. The van der Waals surface area contributed by atoms with Gasteiger partial charge in [-0.1, -0.05) is 0 Å². The summed E-state index contributed by atoms with van der Waals surface area (Å²) in [6.07, 6.45) is 0.584. The van der Waals surface area contributed by atoms with E-state index in [0.29, 0.717) is 6.42 Å². The van der Waals surface area contributed by atoms with E-state index in [-0.39, 0.29) is 24.0 Å². The lowest BCUT2D eigenvalue weighted by atomic mass is 10.0. The molecule has 0 N–H and O–H groups in total. The van der Waals surface area contributed by atoms with E-state index in [0.717, 1.165) is 0 Å². The van der Waals surface area contributed by atoms with Gasteiger partial charge in [0, 0.05) is 6.04 Å². The molecule has 1 saturated heterocycles. The van der Waals surface area contributed by atoms with Crippen LogP contribution in [0.25, 0.3) is 0 Å². The fourth-order valence-corrected chi connectivity index (χ4v) is 1.73. The highest BCUT2D eigenvalue weighted by molar-refractivity contribution is 5.76. The van der Waals surface area contributed by atoms with Crippen molar-refractivity contribution in [3.8, 4) is 6.07 Å². The highest BCUT2D eigenvalue weighted by Gasteiger charge is 2.40. The van der Waals surface area contributed by atoms with Crippen molar-refractivity contribution in [2.45, 2.75) is 25.4 Å². The highest BCUT2D eigenvalue weighted by atomic mass is 16.5. The van der Waals surface area contributed by atoms with Crippen LogP contribution in [0.2, 0.25) is 0 Å². The molecule has 0 unspecified atom stereocenters. The van der Waals surface area contributed by atoms with E-state index in [9.17, 15) is 4.79 Å². The number of carbonyl (C=O) groups is 1. The van der Waals surface area contributed by atoms with Crippen molar-refractivity contribution < 1.29 is 9.53 Å². The van der Waals surface area contributed by atoms with Crippen LogP contribution in [0.15, 0.2) is 0 Å². The fraction of sp³-hybridized carbons (Fsp3) is 0.778. The summed E-state index contributed by atoms with van der Waals surface area (Å²) in [6, 6.07) is 2.09. The molecule has 1 heterocycles. The first kappa shape index (κ1) is 10.0. The number of likely N-dealkylation sites (tertiary alicyclic amines) is 1. The van der Waals surface area contributed by atoms with E-state index < -0.39 is 0 Å². The molecule has 1 aliphatic rings. The largest absolute Gasteiger partial charge is 0.468 e. The van der Waals surface area contributed by atoms with Crippen LogP contribution < -0.4 is 0 Å². The summed E-state index contributed by atoms with van der Waals surface area (Å²) in [5.74, 6) is -0.304. The lowest BCUT2D eigenvalue weighted by molar-refractivity contribution is -0.145. The molecular weight excluding hydrogens is 168 g/mol. The number of methoxy groups -OCH3 is 1. The van der Waals surface area contributed by atoms with Gasteiger partial charge in [-0.2, -0.15) is 5.26 Å². The van der Waals surface area contributed by atoms with Crippen LogP contribution in [0, 0.1) is 17.2 Å². The van der Waals surface area contributed by atoms with Crippen LogP contribution in [0.3, 0.4) is 0 Å². The Morgan fingerprint density at radius 3 is 2.69 bits per heavy atom. The van der Waals surface area contributed by atoms with Crippen LogP contribution in [-0.2, 0) is 9.53 Å². The molecule has 0 saturated carbocycles.